The van der Waals surface area contributed by atoms with Crippen molar-refractivity contribution in [3.05, 3.63) is 35.9 Å². The number of alkyl halides is 11. The Kier molecular flexibility index (Phi) is 4.19. The maximum atomic E-state index is 13.8. The molecule has 0 unspecified atom stereocenters. The van der Waals surface area contributed by atoms with Crippen molar-refractivity contribution in [1.82, 2.24) is 0 Å². The van der Waals surface area contributed by atoms with Gasteiger partial charge in [-0.2, -0.15) is 48.3 Å². The molecule has 0 heterocycles. The molecule has 0 bridgehead atoms. The molecule has 0 radical (unpaired) electrons. The van der Waals surface area contributed by atoms with Gasteiger partial charge in [0.05, 0.1) is 0 Å². The zero-order chi connectivity index (χ0) is 17.6. The highest BCUT2D eigenvalue weighted by Gasteiger charge is 2.93. The van der Waals surface area contributed by atoms with E-state index in [1.165, 1.54) is 0 Å². The van der Waals surface area contributed by atoms with E-state index in [4.69, 9.17) is 0 Å². The van der Waals surface area contributed by atoms with Gasteiger partial charge in [-0.05, 0) is 0 Å². The van der Waals surface area contributed by atoms with Gasteiger partial charge in [0, 0.05) is 5.56 Å². The van der Waals surface area contributed by atoms with Crippen LogP contribution in [-0.2, 0) is 5.92 Å². The van der Waals surface area contributed by atoms with Crippen LogP contribution in [0, 0.1) is 5.41 Å². The van der Waals surface area contributed by atoms with E-state index in [9.17, 15) is 48.3 Å². The van der Waals surface area contributed by atoms with Crippen molar-refractivity contribution < 1.29 is 48.3 Å². The van der Waals surface area contributed by atoms with Gasteiger partial charge in [-0.15, -0.1) is 0 Å². The minimum Gasteiger partial charge on any atom is -0.200 e. The van der Waals surface area contributed by atoms with Crippen LogP contribution >= 0.6 is 0 Å². The van der Waals surface area contributed by atoms with E-state index in [2.05, 4.69) is 0 Å². The molecule has 0 aliphatic heterocycles. The van der Waals surface area contributed by atoms with E-state index in [0.717, 1.165) is 6.07 Å². The summed E-state index contributed by atoms with van der Waals surface area (Å²) in [6.45, 7) is 0. The topological polar surface area (TPSA) is 0 Å². The Balaban J connectivity index is 3.87. The van der Waals surface area contributed by atoms with Crippen molar-refractivity contribution >= 4 is 0 Å². The molecule has 1 rings (SSSR count). The number of rotatable bonds is 2. The minimum atomic E-state index is -7.33. The first-order valence-electron chi connectivity index (χ1n) is 5.24. The van der Waals surface area contributed by atoms with E-state index in [1.54, 1.807) is 0 Å². The van der Waals surface area contributed by atoms with Crippen LogP contribution in [0.1, 0.15) is 5.56 Å². The molecule has 1 aromatic carbocycles. The van der Waals surface area contributed by atoms with Gasteiger partial charge >= 0.3 is 29.9 Å². The van der Waals surface area contributed by atoms with Gasteiger partial charge < -0.3 is 0 Å². The predicted molar refractivity (Wildman–Crippen MR) is 50.9 cm³/mol. The van der Waals surface area contributed by atoms with Crippen molar-refractivity contribution in [3.63, 3.8) is 0 Å². The largest absolute Gasteiger partial charge is 0.418 e. The lowest BCUT2D eigenvalue weighted by Crippen LogP contribution is -2.67. The molecule has 11 heteroatoms. The molecule has 0 spiro atoms. The molecule has 0 amide bonds. The molecular weight excluding hydrogens is 341 g/mol. The quantitative estimate of drug-likeness (QED) is 0.625. The highest BCUT2D eigenvalue weighted by molar-refractivity contribution is 5.26. The lowest BCUT2D eigenvalue weighted by Gasteiger charge is -2.43. The van der Waals surface area contributed by atoms with E-state index >= 15 is 0 Å². The predicted octanol–water partition coefficient (Wildman–Crippen LogP) is 5.45. The summed E-state index contributed by atoms with van der Waals surface area (Å²) in [5, 5.41) is 0. The Morgan fingerprint density at radius 1 is 0.500 bits per heavy atom. The van der Waals surface area contributed by atoms with E-state index in [0.29, 0.717) is 12.1 Å². The smallest absolute Gasteiger partial charge is 0.200 e. The van der Waals surface area contributed by atoms with Crippen LogP contribution in [0.15, 0.2) is 30.3 Å². The first-order valence-corrected chi connectivity index (χ1v) is 5.24. The zero-order valence-electron chi connectivity index (χ0n) is 10.0. The van der Waals surface area contributed by atoms with E-state index < -0.39 is 35.4 Å². The maximum Gasteiger partial charge on any atom is 0.418 e. The second-order valence-electron chi connectivity index (χ2n) is 4.18. The molecule has 0 saturated heterocycles. The molecule has 0 atom stereocenters. The summed E-state index contributed by atoms with van der Waals surface area (Å²) in [5.74, 6) is -6.32. The highest BCUT2D eigenvalue weighted by atomic mass is 19.4. The molecule has 0 aliphatic carbocycles. The lowest BCUT2D eigenvalue weighted by atomic mass is 9.75. The fourth-order valence-electron chi connectivity index (χ4n) is 1.88. The second-order valence-corrected chi connectivity index (χ2v) is 4.18. The SMILES string of the molecule is FC(F)(F)C(C(F)(F)F)(C(F)(F)F)C(F)(F)c1ccccc1. The van der Waals surface area contributed by atoms with Crippen LogP contribution in [0.5, 0.6) is 0 Å². The number of hydrogen-bond acceptors (Lipinski definition) is 0. The first kappa shape index (κ1) is 18.5. The van der Waals surface area contributed by atoms with Gasteiger partial charge in [-0.1, -0.05) is 30.3 Å². The fourth-order valence-corrected chi connectivity index (χ4v) is 1.88. The average Bonchev–Trinajstić information content (AvgIpc) is 2.23. The molecule has 22 heavy (non-hydrogen) atoms. The summed E-state index contributed by atoms with van der Waals surface area (Å²) in [6.07, 6.45) is -22.0. The summed E-state index contributed by atoms with van der Waals surface area (Å²) < 4.78 is 141. The molecular formula is C11H5F11. The third kappa shape index (κ3) is 2.39. The Morgan fingerprint density at radius 3 is 1.09 bits per heavy atom. The Labute approximate surface area is 115 Å². The third-order valence-electron chi connectivity index (χ3n) is 2.88. The van der Waals surface area contributed by atoms with Crippen LogP contribution < -0.4 is 0 Å². The minimum absolute atomic E-state index is 0.0535. The highest BCUT2D eigenvalue weighted by Crippen LogP contribution is 2.68. The van der Waals surface area contributed by atoms with Gasteiger partial charge in [0.25, 0.3) is 0 Å². The Hall–Kier alpha value is -1.55. The van der Waals surface area contributed by atoms with Crippen LogP contribution in [0.25, 0.3) is 0 Å². The lowest BCUT2D eigenvalue weighted by molar-refractivity contribution is -0.479. The van der Waals surface area contributed by atoms with Crippen LogP contribution in [0.3, 0.4) is 0 Å². The molecule has 0 saturated carbocycles. The second kappa shape index (κ2) is 4.98. The summed E-state index contributed by atoms with van der Waals surface area (Å²) in [7, 11) is 0. The molecule has 0 aliphatic rings. The number of benzene rings is 1. The molecule has 0 nitrogen and oxygen atoms in total. The molecule has 126 valence electrons. The van der Waals surface area contributed by atoms with Gasteiger partial charge in [-0.25, -0.2) is 0 Å². The summed E-state index contributed by atoms with van der Waals surface area (Å²) in [6, 6.07) is 2.24. The summed E-state index contributed by atoms with van der Waals surface area (Å²) >= 11 is 0. The maximum absolute atomic E-state index is 13.8. The van der Waals surface area contributed by atoms with Crippen molar-refractivity contribution in [2.24, 2.45) is 5.41 Å². The zero-order valence-corrected chi connectivity index (χ0v) is 10.0. The van der Waals surface area contributed by atoms with Gasteiger partial charge in [0.15, 0.2) is 0 Å². The molecule has 0 fully saturated rings. The van der Waals surface area contributed by atoms with Gasteiger partial charge in [-0.3, -0.25) is 0 Å². The normalized spacial score (nSPS) is 15.0. The summed E-state index contributed by atoms with van der Waals surface area (Å²) in [4.78, 5) is 0. The van der Waals surface area contributed by atoms with Gasteiger partial charge in [0.1, 0.15) is 0 Å². The average molecular weight is 346 g/mol. The van der Waals surface area contributed by atoms with Crippen molar-refractivity contribution in [2.45, 2.75) is 24.5 Å². The number of halogens is 11. The van der Waals surface area contributed by atoms with Crippen molar-refractivity contribution in [3.8, 4) is 0 Å². The van der Waals surface area contributed by atoms with E-state index in [-0.39, 0.29) is 12.1 Å². The molecule has 0 aromatic heterocycles. The molecule has 1 aromatic rings. The third-order valence-corrected chi connectivity index (χ3v) is 2.88. The monoisotopic (exact) mass is 346 g/mol. The Morgan fingerprint density at radius 2 is 0.818 bits per heavy atom. The van der Waals surface area contributed by atoms with Crippen LogP contribution in [-0.4, -0.2) is 18.5 Å². The summed E-state index contributed by atoms with van der Waals surface area (Å²) in [5.41, 5.74) is -9.27. The number of hydrogen-bond donors (Lipinski definition) is 0. The van der Waals surface area contributed by atoms with Crippen molar-refractivity contribution in [2.75, 3.05) is 0 Å². The van der Waals surface area contributed by atoms with Gasteiger partial charge in [0.2, 0.25) is 0 Å². The first-order chi connectivity index (χ1) is 9.61. The van der Waals surface area contributed by atoms with E-state index in [1.807, 2.05) is 0 Å². The standard InChI is InChI=1S/C11H5F11/c12-7(13,6-4-2-1-3-5-6)8(9(14,15)16,10(17,18)19)11(20,21)22/h1-5H. The molecule has 0 N–H and O–H groups in total. The Bertz CT molecular complexity index is 470. The van der Waals surface area contributed by atoms with Crippen LogP contribution in [0.4, 0.5) is 48.3 Å². The fraction of sp³-hybridized carbons (Fsp3) is 0.455. The van der Waals surface area contributed by atoms with Crippen LogP contribution in [0.2, 0.25) is 0 Å². The van der Waals surface area contributed by atoms with Crippen molar-refractivity contribution in [1.29, 1.82) is 0 Å².